The van der Waals surface area contributed by atoms with Crippen molar-refractivity contribution >= 4 is 16.1 Å². The van der Waals surface area contributed by atoms with Crippen LogP contribution in [0.3, 0.4) is 0 Å². The van der Waals surface area contributed by atoms with E-state index in [1.165, 1.54) is 25.7 Å². The lowest BCUT2D eigenvalue weighted by molar-refractivity contribution is -0.211. The Kier molecular flexibility index (Phi) is 18.1. The van der Waals surface area contributed by atoms with Gasteiger partial charge in [0.15, 0.2) is 0 Å². The van der Waals surface area contributed by atoms with Gasteiger partial charge in [0.05, 0.1) is 5.75 Å². The largest absolute Gasteiger partial charge is 0.343 e. The summed E-state index contributed by atoms with van der Waals surface area (Å²) in [6, 6.07) is 0. The van der Waals surface area contributed by atoms with Crippen LogP contribution in [-0.4, -0.2) is 69.2 Å². The maximum atomic E-state index is 12.0. The van der Waals surface area contributed by atoms with Gasteiger partial charge in [0.25, 0.3) is 0 Å². The number of unbranched alkanes of at least 4 members (excludes halogenated alkanes) is 8. The summed E-state index contributed by atoms with van der Waals surface area (Å²) in [5.41, 5.74) is 0. The number of nitrogens with zero attached hydrogens (tertiary/aromatic N) is 2. The van der Waals surface area contributed by atoms with Gasteiger partial charge < -0.3 is 4.90 Å². The fraction of sp³-hybridized carbons (Fsp3) is 0.808. The van der Waals surface area contributed by atoms with E-state index in [0.717, 1.165) is 71.2 Å². The first-order valence-corrected chi connectivity index (χ1v) is 14.9. The number of likely N-dealkylation sites (N-methyl/N-ethyl adjacent to an activating group) is 1. The number of allylic oxidation sites excluding steroid dienone is 4. The predicted octanol–water partition coefficient (Wildman–Crippen LogP) is 5.24. The van der Waals surface area contributed by atoms with Crippen molar-refractivity contribution in [3.8, 4) is 0 Å². The van der Waals surface area contributed by atoms with Crippen LogP contribution in [0.25, 0.3) is 0 Å². The molecule has 1 aliphatic heterocycles. The van der Waals surface area contributed by atoms with Crippen molar-refractivity contribution < 1.29 is 22.4 Å². The lowest BCUT2D eigenvalue weighted by atomic mass is 10.1. The Hall–Kier alpha value is -1.22. The molecule has 1 heterocycles. The van der Waals surface area contributed by atoms with Crippen molar-refractivity contribution in [3.63, 3.8) is 0 Å². The Morgan fingerprint density at radius 3 is 2.03 bits per heavy atom. The molecule has 0 aromatic carbocycles. The van der Waals surface area contributed by atoms with Gasteiger partial charge in [-0.3, -0.25) is 9.79 Å². The molecule has 0 atom stereocenters. The number of rotatable bonds is 20. The number of carbonyl (C=O) groups is 1. The minimum Gasteiger partial charge on any atom is -0.301 e. The van der Waals surface area contributed by atoms with E-state index < -0.39 is 16.1 Å². The van der Waals surface area contributed by atoms with Crippen LogP contribution in [0, 0.1) is 0 Å². The molecule has 1 fully saturated rings. The van der Waals surface area contributed by atoms with Gasteiger partial charge in [-0.25, -0.2) is 4.79 Å². The molecular weight excluding hydrogens is 452 g/mol. The molecule has 0 aromatic rings. The van der Waals surface area contributed by atoms with Gasteiger partial charge in [-0.15, -0.1) is 0 Å². The van der Waals surface area contributed by atoms with Crippen LogP contribution in [0.4, 0.5) is 0 Å². The Morgan fingerprint density at radius 2 is 1.38 bits per heavy atom. The number of hydrogen-bond donors (Lipinski definition) is 0. The third kappa shape index (κ3) is 17.2. The molecule has 1 saturated heterocycles. The van der Waals surface area contributed by atoms with E-state index >= 15 is 0 Å². The van der Waals surface area contributed by atoms with E-state index in [2.05, 4.69) is 57.2 Å². The number of hydrogen-bond acceptors (Lipinski definition) is 7. The van der Waals surface area contributed by atoms with Crippen molar-refractivity contribution in [3.05, 3.63) is 24.3 Å². The molecular formula is C26H48N2O5S. The maximum absolute atomic E-state index is 12.0. The second kappa shape index (κ2) is 20.0. The fourth-order valence-corrected chi connectivity index (χ4v) is 4.55. The van der Waals surface area contributed by atoms with Gasteiger partial charge in [-0.05, 0) is 45.1 Å². The lowest BCUT2D eigenvalue weighted by Crippen LogP contribution is -2.47. The molecule has 0 N–H and O–H groups in total. The Balaban J connectivity index is 1.95. The second-order valence-corrected chi connectivity index (χ2v) is 10.7. The summed E-state index contributed by atoms with van der Waals surface area (Å²) < 4.78 is 28.4. The molecule has 0 radical (unpaired) electrons. The Bertz CT molecular complexity index is 671. The summed E-state index contributed by atoms with van der Waals surface area (Å²) in [5, 5.41) is 0. The van der Waals surface area contributed by atoms with Crippen LogP contribution in [0.5, 0.6) is 0 Å². The second-order valence-electron chi connectivity index (χ2n) is 9.04. The van der Waals surface area contributed by atoms with Crippen LogP contribution in [0.15, 0.2) is 24.3 Å². The Labute approximate surface area is 208 Å². The van der Waals surface area contributed by atoms with Gasteiger partial charge in [0, 0.05) is 39.1 Å². The molecule has 0 amide bonds. The van der Waals surface area contributed by atoms with Crippen LogP contribution in [-0.2, 0) is 24.1 Å². The molecule has 7 nitrogen and oxygen atoms in total. The van der Waals surface area contributed by atoms with Gasteiger partial charge in [0.2, 0.25) is 0 Å². The summed E-state index contributed by atoms with van der Waals surface area (Å²) in [7, 11) is -3.86. The normalized spacial score (nSPS) is 16.1. The minimum atomic E-state index is -3.86. The molecule has 0 saturated carbocycles. The van der Waals surface area contributed by atoms with Crippen LogP contribution >= 0.6 is 0 Å². The molecule has 1 aliphatic rings. The first-order valence-electron chi connectivity index (χ1n) is 13.3. The van der Waals surface area contributed by atoms with Crippen molar-refractivity contribution in [1.29, 1.82) is 0 Å². The first kappa shape index (κ1) is 30.8. The van der Waals surface area contributed by atoms with E-state index in [1.54, 1.807) is 0 Å². The molecule has 0 aromatic heterocycles. The molecule has 8 heteroatoms. The zero-order chi connectivity index (χ0) is 24.9. The highest BCUT2D eigenvalue weighted by molar-refractivity contribution is 7.86. The van der Waals surface area contributed by atoms with Gasteiger partial charge in [0.1, 0.15) is 0 Å². The molecule has 0 spiro atoms. The highest BCUT2D eigenvalue weighted by Gasteiger charge is 2.20. The molecule has 198 valence electrons. The highest BCUT2D eigenvalue weighted by Crippen LogP contribution is 2.10. The van der Waals surface area contributed by atoms with E-state index in [9.17, 15) is 13.2 Å². The smallest absolute Gasteiger partial charge is 0.301 e. The van der Waals surface area contributed by atoms with E-state index in [1.807, 2.05) is 0 Å². The third-order valence-corrected chi connectivity index (χ3v) is 7.09. The summed E-state index contributed by atoms with van der Waals surface area (Å²) in [6.45, 7) is 9.33. The van der Waals surface area contributed by atoms with E-state index in [-0.39, 0.29) is 12.2 Å². The molecule has 34 heavy (non-hydrogen) atoms. The van der Waals surface area contributed by atoms with Gasteiger partial charge in [-0.2, -0.15) is 8.42 Å². The number of piperazine rings is 1. The average molecular weight is 501 g/mol. The van der Waals surface area contributed by atoms with Crippen molar-refractivity contribution in [2.24, 2.45) is 0 Å². The highest BCUT2D eigenvalue weighted by atomic mass is 32.2. The third-order valence-electron chi connectivity index (χ3n) is 6.13. The number of carbonyl (C=O) groups excluding carboxylic acids is 1. The minimum absolute atomic E-state index is 0.171. The van der Waals surface area contributed by atoms with Crippen molar-refractivity contribution in [2.45, 2.75) is 90.9 Å². The molecule has 0 aliphatic carbocycles. The van der Waals surface area contributed by atoms with Crippen molar-refractivity contribution in [1.82, 2.24) is 9.80 Å². The van der Waals surface area contributed by atoms with E-state index in [0.29, 0.717) is 13.0 Å². The average Bonchev–Trinajstić information content (AvgIpc) is 2.84. The molecule has 0 bridgehead atoms. The van der Waals surface area contributed by atoms with Gasteiger partial charge >= 0.3 is 16.1 Å². The molecule has 0 unspecified atom stereocenters. The van der Waals surface area contributed by atoms with Gasteiger partial charge in [-0.1, -0.05) is 74.6 Å². The fourth-order valence-electron chi connectivity index (χ4n) is 3.82. The summed E-state index contributed by atoms with van der Waals surface area (Å²) in [4.78, 5) is 20.7. The zero-order valence-electron chi connectivity index (χ0n) is 21.6. The van der Waals surface area contributed by atoms with Crippen LogP contribution in [0.1, 0.15) is 90.9 Å². The predicted molar refractivity (Wildman–Crippen MR) is 139 cm³/mol. The van der Waals surface area contributed by atoms with Crippen LogP contribution in [0.2, 0.25) is 0 Å². The topological polar surface area (TPSA) is 76.1 Å². The summed E-state index contributed by atoms with van der Waals surface area (Å²) in [5.74, 6) is -0.790. The monoisotopic (exact) mass is 500 g/mol. The standard InChI is InChI=1S/C26H48N2O5S/c1-3-5-6-7-8-9-10-11-12-13-14-15-16-17-18-19-26(29)32-33-34(30,31)25-24-28-22-20-27(4-2)21-23-28/h8-9,11-12H,3-7,10,13-25H2,1-2H3/b9-8-,12-11-. The van der Waals surface area contributed by atoms with E-state index in [4.69, 9.17) is 0 Å². The maximum Gasteiger partial charge on any atom is 0.343 e. The lowest BCUT2D eigenvalue weighted by Gasteiger charge is -2.33. The van der Waals surface area contributed by atoms with Crippen molar-refractivity contribution in [2.75, 3.05) is 45.0 Å². The first-order chi connectivity index (χ1) is 16.5. The summed E-state index contributed by atoms with van der Waals surface area (Å²) in [6.07, 6.45) is 21.3. The Morgan fingerprint density at radius 1 is 0.794 bits per heavy atom. The zero-order valence-corrected chi connectivity index (χ0v) is 22.4. The summed E-state index contributed by atoms with van der Waals surface area (Å²) >= 11 is 0. The quantitative estimate of drug-likeness (QED) is 0.0979. The SMILES string of the molecule is CCCCC/C=C\C/C=C\CCCCCCCC(=O)OOS(=O)(=O)CCN1CCN(CC)CC1. The molecule has 1 rings (SSSR count). The van der Waals surface area contributed by atoms with Crippen LogP contribution < -0.4 is 0 Å².